The molecule has 2 nitrogen and oxygen atoms in total. The van der Waals surface area contributed by atoms with Crippen molar-refractivity contribution in [2.24, 2.45) is 28.6 Å². The highest BCUT2D eigenvalue weighted by molar-refractivity contribution is 5.99. The Kier molecular flexibility index (Phi) is 5.61. The summed E-state index contributed by atoms with van der Waals surface area (Å²) in [5, 5.41) is 0. The van der Waals surface area contributed by atoms with Crippen LogP contribution in [-0.2, 0) is 9.59 Å². The summed E-state index contributed by atoms with van der Waals surface area (Å²) < 4.78 is 0. The topological polar surface area (TPSA) is 34.1 Å². The van der Waals surface area contributed by atoms with Gasteiger partial charge in [0.1, 0.15) is 5.78 Å². The molecule has 4 unspecified atom stereocenters. The Hall–Kier alpha value is -1.18. The summed E-state index contributed by atoms with van der Waals surface area (Å²) in [5.74, 6) is 2.38. The van der Waals surface area contributed by atoms with Crippen molar-refractivity contribution in [1.82, 2.24) is 0 Å². The average Bonchev–Trinajstić information content (AvgIpc) is 3.12. The molecule has 0 aromatic carbocycles. The summed E-state index contributed by atoms with van der Waals surface area (Å²) in [6.45, 7) is 9.06. The first-order valence-electron chi connectivity index (χ1n) is 10.7. The van der Waals surface area contributed by atoms with Crippen LogP contribution in [0.25, 0.3) is 0 Å². The molecule has 0 saturated heterocycles. The van der Waals surface area contributed by atoms with E-state index < -0.39 is 0 Å². The van der Waals surface area contributed by atoms with Gasteiger partial charge in [-0.05, 0) is 93.6 Å². The van der Waals surface area contributed by atoms with Gasteiger partial charge >= 0.3 is 0 Å². The van der Waals surface area contributed by atoms with Crippen LogP contribution in [0.3, 0.4) is 0 Å². The van der Waals surface area contributed by atoms with E-state index in [-0.39, 0.29) is 16.6 Å². The van der Waals surface area contributed by atoms with E-state index in [1.54, 1.807) is 12.2 Å². The molecular weight excluding hydrogens is 320 g/mol. The summed E-state index contributed by atoms with van der Waals surface area (Å²) in [6, 6.07) is 0. The molecule has 26 heavy (non-hydrogen) atoms. The summed E-state index contributed by atoms with van der Waals surface area (Å²) in [6.07, 6.45) is 15.4. The van der Waals surface area contributed by atoms with Gasteiger partial charge < -0.3 is 0 Å². The lowest BCUT2D eigenvalue weighted by molar-refractivity contribution is -0.133. The van der Waals surface area contributed by atoms with Crippen LogP contribution in [0.2, 0.25) is 0 Å². The van der Waals surface area contributed by atoms with E-state index in [0.717, 1.165) is 51.4 Å². The summed E-state index contributed by atoms with van der Waals surface area (Å²) in [5.41, 5.74) is 1.30. The van der Waals surface area contributed by atoms with E-state index >= 15 is 0 Å². The van der Waals surface area contributed by atoms with Crippen LogP contribution in [0.1, 0.15) is 85.5 Å². The van der Waals surface area contributed by atoms with Crippen LogP contribution in [0.4, 0.5) is 0 Å². The van der Waals surface area contributed by atoms with Crippen LogP contribution in [0, 0.1) is 28.6 Å². The number of rotatable bonds is 2. The maximum atomic E-state index is 12.9. The molecule has 3 rings (SSSR count). The van der Waals surface area contributed by atoms with E-state index in [1.165, 1.54) is 12.0 Å². The first-order valence-corrected chi connectivity index (χ1v) is 10.7. The van der Waals surface area contributed by atoms with Crippen molar-refractivity contribution in [3.8, 4) is 0 Å². The van der Waals surface area contributed by atoms with Crippen LogP contribution < -0.4 is 0 Å². The van der Waals surface area contributed by atoms with Crippen molar-refractivity contribution in [2.75, 3.05) is 0 Å². The molecule has 0 aliphatic heterocycles. The van der Waals surface area contributed by atoms with Crippen LogP contribution in [-0.4, -0.2) is 11.6 Å². The van der Waals surface area contributed by atoms with Gasteiger partial charge in [-0.2, -0.15) is 0 Å². The molecule has 0 heterocycles. The Balaban J connectivity index is 1.89. The molecule has 2 fully saturated rings. The lowest BCUT2D eigenvalue weighted by Gasteiger charge is -2.46. The predicted molar refractivity (Wildman–Crippen MR) is 107 cm³/mol. The Morgan fingerprint density at radius 1 is 1.15 bits per heavy atom. The molecule has 0 aromatic heterocycles. The quantitative estimate of drug-likeness (QED) is 0.602. The third kappa shape index (κ3) is 3.25. The van der Waals surface area contributed by atoms with Crippen molar-refractivity contribution < 1.29 is 9.59 Å². The molecule has 5 atom stereocenters. The average molecular weight is 357 g/mol. The van der Waals surface area contributed by atoms with E-state index in [2.05, 4.69) is 33.8 Å². The van der Waals surface area contributed by atoms with Gasteiger partial charge in [0.15, 0.2) is 5.78 Å². The molecule has 144 valence electrons. The highest BCUT2D eigenvalue weighted by atomic mass is 16.1. The molecule has 2 saturated carbocycles. The molecule has 0 aromatic rings. The van der Waals surface area contributed by atoms with Crippen LogP contribution in [0.15, 0.2) is 23.8 Å². The number of Topliss-reactive ketones (excluding diaryl/α,β-unsaturated/α-hetero) is 1. The Labute approximate surface area is 159 Å². The fourth-order valence-corrected chi connectivity index (χ4v) is 6.59. The van der Waals surface area contributed by atoms with E-state index in [9.17, 15) is 9.59 Å². The second kappa shape index (κ2) is 7.44. The number of allylic oxidation sites excluding steroid dienone is 4. The predicted octanol–water partition coefficient (Wildman–Crippen LogP) is 6.06. The molecule has 2 heteroatoms. The van der Waals surface area contributed by atoms with Crippen molar-refractivity contribution in [2.45, 2.75) is 85.5 Å². The zero-order valence-electron chi connectivity index (χ0n) is 17.1. The highest BCUT2D eigenvalue weighted by Crippen LogP contribution is 2.66. The van der Waals surface area contributed by atoms with Crippen molar-refractivity contribution in [3.63, 3.8) is 0 Å². The van der Waals surface area contributed by atoms with Gasteiger partial charge in [0.2, 0.25) is 0 Å². The molecule has 0 radical (unpaired) electrons. The maximum absolute atomic E-state index is 12.9. The van der Waals surface area contributed by atoms with Crippen LogP contribution >= 0.6 is 0 Å². The molecule has 1 spiro atoms. The van der Waals surface area contributed by atoms with Crippen molar-refractivity contribution >= 4 is 11.6 Å². The van der Waals surface area contributed by atoms with Crippen molar-refractivity contribution in [1.29, 1.82) is 0 Å². The number of hydrogen-bond donors (Lipinski definition) is 0. The van der Waals surface area contributed by atoms with Gasteiger partial charge in [-0.15, -0.1) is 0 Å². The Morgan fingerprint density at radius 3 is 2.58 bits per heavy atom. The number of carbonyl (C=O) groups excluding carboxylic acids is 2. The molecule has 0 bridgehead atoms. The van der Waals surface area contributed by atoms with Crippen LogP contribution in [0.5, 0.6) is 0 Å². The highest BCUT2D eigenvalue weighted by Gasteiger charge is 2.62. The first kappa shape index (κ1) is 19.6. The minimum atomic E-state index is -0.0400. The van der Waals surface area contributed by atoms with Gasteiger partial charge in [-0.3, -0.25) is 9.59 Å². The summed E-state index contributed by atoms with van der Waals surface area (Å²) in [7, 11) is 0. The lowest BCUT2D eigenvalue weighted by Crippen LogP contribution is -2.43. The van der Waals surface area contributed by atoms with Gasteiger partial charge in [-0.25, -0.2) is 0 Å². The number of carbonyl (C=O) groups is 2. The zero-order chi connectivity index (χ0) is 18.9. The fourth-order valence-electron chi connectivity index (χ4n) is 6.59. The monoisotopic (exact) mass is 356 g/mol. The van der Waals surface area contributed by atoms with Crippen molar-refractivity contribution in [3.05, 3.63) is 23.8 Å². The molecular formula is C24H36O2. The SMILES string of the molecule is CCC1(C)C(C2CC/C(C)=C/C(=O)/C=C\C(C)C2)CC[C@]12CCCC2=O. The fraction of sp³-hybridized carbons (Fsp3) is 0.750. The third-order valence-electron chi connectivity index (χ3n) is 8.20. The summed E-state index contributed by atoms with van der Waals surface area (Å²) >= 11 is 0. The van der Waals surface area contributed by atoms with Gasteiger partial charge in [0.25, 0.3) is 0 Å². The normalized spacial score (nSPS) is 44.9. The molecule has 0 amide bonds. The van der Waals surface area contributed by atoms with Gasteiger partial charge in [0, 0.05) is 11.8 Å². The number of ketones is 2. The Bertz CT molecular complexity index is 628. The van der Waals surface area contributed by atoms with E-state index in [4.69, 9.17) is 0 Å². The maximum Gasteiger partial charge on any atom is 0.178 e. The zero-order valence-corrected chi connectivity index (χ0v) is 17.1. The molecule has 3 aliphatic carbocycles. The van der Waals surface area contributed by atoms with E-state index in [0.29, 0.717) is 23.5 Å². The molecule has 0 N–H and O–H groups in total. The third-order valence-corrected chi connectivity index (χ3v) is 8.20. The Morgan fingerprint density at radius 2 is 1.92 bits per heavy atom. The smallest absolute Gasteiger partial charge is 0.178 e. The van der Waals surface area contributed by atoms with Gasteiger partial charge in [-0.1, -0.05) is 32.4 Å². The first-order chi connectivity index (χ1) is 12.3. The minimum Gasteiger partial charge on any atom is -0.299 e. The lowest BCUT2D eigenvalue weighted by atomic mass is 9.57. The standard InChI is InChI=1S/C24H36O2/c1-5-23(4)21(12-14-24(23)13-6-7-22(24)26)19-10-8-18(3)16-20(25)11-9-17(2)15-19/h9,11,16-17,19,21H,5-8,10,12-15H2,1-4H3/b11-9-,18-16+/t17?,19?,21?,23?,24-/m0/s1. The molecule has 3 aliphatic rings. The largest absolute Gasteiger partial charge is 0.299 e. The van der Waals surface area contributed by atoms with E-state index in [1.807, 2.05) is 0 Å². The van der Waals surface area contributed by atoms with Gasteiger partial charge in [0.05, 0.1) is 0 Å². The summed E-state index contributed by atoms with van der Waals surface area (Å²) in [4.78, 5) is 24.9. The number of hydrogen-bond acceptors (Lipinski definition) is 2. The minimum absolute atomic E-state index is 0.0400. The second-order valence-electron chi connectivity index (χ2n) is 9.54. The second-order valence-corrected chi connectivity index (χ2v) is 9.54.